The quantitative estimate of drug-likeness (QED) is 0.421. The van der Waals surface area contributed by atoms with Gasteiger partial charge in [-0.15, -0.1) is 0 Å². The first kappa shape index (κ1) is 17.6. The largest absolute Gasteiger partial charge is 0.465 e. The molecule has 4 aromatic rings. The number of amides is 1. The molecule has 0 fully saturated rings. The molecule has 0 atom stereocenters. The fourth-order valence-corrected chi connectivity index (χ4v) is 3.48. The SMILES string of the molecule is COC(=O)c1cc(N)cc(NC(=O)Cn2c3ccccc3c3ccccc32)c1. The first-order chi connectivity index (χ1) is 13.6. The Bertz CT molecular complexity index is 1160. The van der Waals surface area contributed by atoms with Crippen LogP contribution in [0.25, 0.3) is 21.8 Å². The van der Waals surface area contributed by atoms with Crippen LogP contribution in [0.5, 0.6) is 0 Å². The molecule has 3 aromatic carbocycles. The van der Waals surface area contributed by atoms with Gasteiger partial charge in [-0.2, -0.15) is 0 Å². The minimum absolute atomic E-state index is 0.135. The van der Waals surface area contributed by atoms with Gasteiger partial charge in [-0.25, -0.2) is 4.79 Å². The van der Waals surface area contributed by atoms with Crippen LogP contribution in [0.4, 0.5) is 11.4 Å². The minimum atomic E-state index is -0.509. The Morgan fingerprint density at radius 3 is 2.18 bits per heavy atom. The number of hydrogen-bond donors (Lipinski definition) is 2. The molecule has 0 aliphatic rings. The van der Waals surface area contributed by atoms with E-state index < -0.39 is 5.97 Å². The molecule has 0 aliphatic carbocycles. The molecule has 1 heterocycles. The van der Waals surface area contributed by atoms with Crippen LogP contribution in [0.3, 0.4) is 0 Å². The summed E-state index contributed by atoms with van der Waals surface area (Å²) in [6, 6.07) is 20.6. The maximum Gasteiger partial charge on any atom is 0.337 e. The van der Waals surface area contributed by atoms with Crippen LogP contribution < -0.4 is 11.1 Å². The highest BCUT2D eigenvalue weighted by atomic mass is 16.5. The number of fused-ring (bicyclic) bond motifs is 3. The lowest BCUT2D eigenvalue weighted by atomic mass is 10.1. The summed E-state index contributed by atoms with van der Waals surface area (Å²) in [4.78, 5) is 24.5. The Morgan fingerprint density at radius 1 is 0.964 bits per heavy atom. The number of rotatable bonds is 4. The zero-order valence-corrected chi connectivity index (χ0v) is 15.3. The van der Waals surface area contributed by atoms with E-state index in [1.807, 2.05) is 53.1 Å². The van der Waals surface area contributed by atoms with Gasteiger partial charge >= 0.3 is 5.97 Å². The molecular formula is C22H19N3O3. The highest BCUT2D eigenvalue weighted by Gasteiger charge is 2.14. The summed E-state index contributed by atoms with van der Waals surface area (Å²) in [5.41, 5.74) is 8.93. The predicted molar refractivity (Wildman–Crippen MR) is 110 cm³/mol. The summed E-state index contributed by atoms with van der Waals surface area (Å²) < 4.78 is 6.70. The molecule has 1 amide bonds. The standard InChI is InChI=1S/C22H19N3O3/c1-28-22(27)14-10-15(23)12-16(11-14)24-21(26)13-25-19-8-4-2-6-17(19)18-7-3-5-9-20(18)25/h2-12H,13,23H2,1H3,(H,24,26). The molecule has 0 spiro atoms. The van der Waals surface area contributed by atoms with Gasteiger partial charge in [-0.1, -0.05) is 36.4 Å². The number of benzene rings is 3. The first-order valence-electron chi connectivity index (χ1n) is 8.81. The number of ether oxygens (including phenoxy) is 1. The summed E-state index contributed by atoms with van der Waals surface area (Å²) in [5, 5.41) is 5.02. The molecule has 4 rings (SSSR count). The van der Waals surface area contributed by atoms with Crippen molar-refractivity contribution in [3.8, 4) is 0 Å². The van der Waals surface area contributed by atoms with Crippen molar-refractivity contribution >= 4 is 45.1 Å². The van der Waals surface area contributed by atoms with E-state index in [2.05, 4.69) is 5.32 Å². The number of nitrogen functional groups attached to an aromatic ring is 1. The third kappa shape index (κ3) is 3.16. The molecule has 6 nitrogen and oxygen atoms in total. The monoisotopic (exact) mass is 373 g/mol. The smallest absolute Gasteiger partial charge is 0.337 e. The van der Waals surface area contributed by atoms with Gasteiger partial charge in [0.15, 0.2) is 0 Å². The van der Waals surface area contributed by atoms with Gasteiger partial charge in [0.25, 0.3) is 0 Å². The Hall–Kier alpha value is -3.80. The lowest BCUT2D eigenvalue weighted by Crippen LogP contribution is -2.19. The molecule has 140 valence electrons. The number of nitrogens with zero attached hydrogens (tertiary/aromatic N) is 1. The zero-order valence-electron chi connectivity index (χ0n) is 15.3. The number of esters is 1. The van der Waals surface area contributed by atoms with Crippen molar-refractivity contribution in [1.29, 1.82) is 0 Å². The number of methoxy groups -OCH3 is 1. The lowest BCUT2D eigenvalue weighted by Gasteiger charge is -2.10. The fourth-order valence-electron chi connectivity index (χ4n) is 3.48. The average Bonchev–Trinajstić information content (AvgIpc) is 3.01. The van der Waals surface area contributed by atoms with Crippen molar-refractivity contribution in [1.82, 2.24) is 4.57 Å². The number of hydrogen-bond acceptors (Lipinski definition) is 4. The van der Waals surface area contributed by atoms with Crippen LogP contribution in [-0.4, -0.2) is 23.6 Å². The topological polar surface area (TPSA) is 86.3 Å². The van der Waals surface area contributed by atoms with Crippen LogP contribution in [0.1, 0.15) is 10.4 Å². The summed E-state index contributed by atoms with van der Waals surface area (Å²) >= 11 is 0. The number of carbonyl (C=O) groups is 2. The van der Waals surface area contributed by atoms with Crippen molar-refractivity contribution in [2.75, 3.05) is 18.2 Å². The van der Waals surface area contributed by atoms with E-state index in [0.29, 0.717) is 11.4 Å². The minimum Gasteiger partial charge on any atom is -0.465 e. The highest BCUT2D eigenvalue weighted by Crippen LogP contribution is 2.28. The van der Waals surface area contributed by atoms with Crippen LogP contribution in [-0.2, 0) is 16.1 Å². The molecule has 0 radical (unpaired) electrons. The van der Waals surface area contributed by atoms with E-state index in [-0.39, 0.29) is 18.0 Å². The van der Waals surface area contributed by atoms with Crippen molar-refractivity contribution in [3.05, 3.63) is 72.3 Å². The van der Waals surface area contributed by atoms with Crippen molar-refractivity contribution in [2.24, 2.45) is 0 Å². The molecule has 28 heavy (non-hydrogen) atoms. The molecule has 0 unspecified atom stereocenters. The highest BCUT2D eigenvalue weighted by molar-refractivity contribution is 6.09. The van der Waals surface area contributed by atoms with E-state index in [4.69, 9.17) is 10.5 Å². The molecule has 0 saturated heterocycles. The summed E-state index contributed by atoms with van der Waals surface area (Å²) in [5.74, 6) is -0.724. The Balaban J connectivity index is 1.66. The summed E-state index contributed by atoms with van der Waals surface area (Å²) in [7, 11) is 1.30. The van der Waals surface area contributed by atoms with Gasteiger partial charge in [0.1, 0.15) is 6.54 Å². The number of anilines is 2. The van der Waals surface area contributed by atoms with Crippen LogP contribution in [0.15, 0.2) is 66.7 Å². The van der Waals surface area contributed by atoms with Gasteiger partial charge in [0.2, 0.25) is 5.91 Å². The third-order valence-electron chi connectivity index (χ3n) is 4.64. The Kier molecular flexibility index (Phi) is 4.45. The summed E-state index contributed by atoms with van der Waals surface area (Å²) in [6.07, 6.45) is 0. The zero-order chi connectivity index (χ0) is 19.7. The normalized spacial score (nSPS) is 10.9. The average molecular weight is 373 g/mol. The maximum absolute atomic E-state index is 12.7. The maximum atomic E-state index is 12.7. The molecule has 0 aliphatic heterocycles. The van der Waals surface area contributed by atoms with E-state index in [1.54, 1.807) is 12.1 Å². The van der Waals surface area contributed by atoms with E-state index >= 15 is 0 Å². The molecule has 0 saturated carbocycles. The molecule has 3 N–H and O–H groups in total. The van der Waals surface area contributed by atoms with Gasteiger partial charge in [0.05, 0.1) is 12.7 Å². The van der Waals surface area contributed by atoms with Gasteiger partial charge in [-0.3, -0.25) is 4.79 Å². The van der Waals surface area contributed by atoms with Crippen LogP contribution in [0.2, 0.25) is 0 Å². The third-order valence-corrected chi connectivity index (χ3v) is 4.64. The molecule has 6 heteroatoms. The second-order valence-electron chi connectivity index (χ2n) is 6.50. The van der Waals surface area contributed by atoms with Gasteiger partial charge in [-0.05, 0) is 30.3 Å². The summed E-state index contributed by atoms with van der Waals surface area (Å²) in [6.45, 7) is 0.135. The van der Waals surface area contributed by atoms with Crippen molar-refractivity contribution < 1.29 is 14.3 Å². The van der Waals surface area contributed by atoms with E-state index in [1.165, 1.54) is 13.2 Å². The van der Waals surface area contributed by atoms with E-state index in [0.717, 1.165) is 21.8 Å². The number of nitrogens with one attached hydrogen (secondary N) is 1. The second kappa shape index (κ2) is 7.08. The number of carbonyl (C=O) groups excluding carboxylic acids is 2. The number of aromatic nitrogens is 1. The fraction of sp³-hybridized carbons (Fsp3) is 0.0909. The molecule has 0 bridgehead atoms. The Morgan fingerprint density at radius 2 is 1.57 bits per heavy atom. The molecule has 1 aromatic heterocycles. The first-order valence-corrected chi connectivity index (χ1v) is 8.81. The Labute approximate surface area is 161 Å². The molecular weight excluding hydrogens is 354 g/mol. The number of nitrogens with two attached hydrogens (primary N) is 1. The lowest BCUT2D eigenvalue weighted by molar-refractivity contribution is -0.116. The van der Waals surface area contributed by atoms with Crippen molar-refractivity contribution in [2.45, 2.75) is 6.54 Å². The van der Waals surface area contributed by atoms with E-state index in [9.17, 15) is 9.59 Å². The van der Waals surface area contributed by atoms with Crippen LogP contribution in [0, 0.1) is 0 Å². The van der Waals surface area contributed by atoms with Crippen molar-refractivity contribution in [3.63, 3.8) is 0 Å². The van der Waals surface area contributed by atoms with Gasteiger partial charge in [0, 0.05) is 33.2 Å². The number of para-hydroxylation sites is 2. The second-order valence-corrected chi connectivity index (χ2v) is 6.50. The van der Waals surface area contributed by atoms with Gasteiger partial charge < -0.3 is 20.4 Å². The predicted octanol–water partition coefficient (Wildman–Crippen LogP) is 3.80. The van der Waals surface area contributed by atoms with Crippen LogP contribution >= 0.6 is 0 Å².